The first-order valence-corrected chi connectivity index (χ1v) is 4.17. The minimum Gasteiger partial charge on any atom is -0.258 e. The average molecular weight is 188 g/mol. The minimum absolute atomic E-state index is 0.102. The molecule has 0 bridgehead atoms. The summed E-state index contributed by atoms with van der Waals surface area (Å²) in [5, 5.41) is 11.3. The number of aromatic nitrogens is 1. The average Bonchev–Trinajstić information content (AvgIpc) is 2.16. The van der Waals surface area contributed by atoms with E-state index < -0.39 is 4.92 Å². The van der Waals surface area contributed by atoms with Crippen LogP contribution in [-0.4, -0.2) is 9.91 Å². The number of pyridine rings is 1. The van der Waals surface area contributed by atoms with Crippen LogP contribution in [0.4, 0.5) is 5.69 Å². The second-order valence-electron chi connectivity index (χ2n) is 3.15. The lowest BCUT2D eigenvalue weighted by atomic mass is 10.1. The highest BCUT2D eigenvalue weighted by molar-refractivity contribution is 5.81. The standard InChI is InChI=1S/C10H8N2O2/c1-7-4-8-5-9(12(13)14)2-3-10(8)11-6-7/h2-6H,1H3. The molecule has 1 aromatic carbocycles. The fourth-order valence-electron chi connectivity index (χ4n) is 1.34. The van der Waals surface area contributed by atoms with E-state index in [4.69, 9.17) is 0 Å². The first-order valence-electron chi connectivity index (χ1n) is 4.17. The van der Waals surface area contributed by atoms with Crippen molar-refractivity contribution in [3.63, 3.8) is 0 Å². The quantitative estimate of drug-likeness (QED) is 0.510. The summed E-state index contributed by atoms with van der Waals surface area (Å²) in [6.07, 6.45) is 1.74. The fraction of sp³-hybridized carbons (Fsp3) is 0.100. The van der Waals surface area contributed by atoms with Gasteiger partial charge in [0, 0.05) is 23.7 Å². The van der Waals surface area contributed by atoms with Crippen LogP contribution in [0.25, 0.3) is 10.9 Å². The number of nitro benzene ring substituents is 1. The fourth-order valence-corrected chi connectivity index (χ4v) is 1.34. The van der Waals surface area contributed by atoms with E-state index >= 15 is 0 Å². The molecule has 2 aromatic rings. The van der Waals surface area contributed by atoms with Crippen molar-refractivity contribution < 1.29 is 4.92 Å². The molecule has 0 radical (unpaired) electrons. The lowest BCUT2D eigenvalue weighted by molar-refractivity contribution is -0.384. The van der Waals surface area contributed by atoms with Gasteiger partial charge in [-0.05, 0) is 24.6 Å². The Morgan fingerprint density at radius 3 is 2.86 bits per heavy atom. The van der Waals surface area contributed by atoms with Gasteiger partial charge in [-0.15, -0.1) is 0 Å². The molecule has 0 aliphatic carbocycles. The summed E-state index contributed by atoms with van der Waals surface area (Å²) in [4.78, 5) is 14.3. The SMILES string of the molecule is Cc1cnc2ccc([N+](=O)[O-])cc2c1. The van der Waals surface area contributed by atoms with Crippen molar-refractivity contribution in [1.29, 1.82) is 0 Å². The van der Waals surface area contributed by atoms with Gasteiger partial charge in [0.05, 0.1) is 10.4 Å². The monoisotopic (exact) mass is 188 g/mol. The Morgan fingerprint density at radius 2 is 2.14 bits per heavy atom. The van der Waals surface area contributed by atoms with Crippen LogP contribution in [0.3, 0.4) is 0 Å². The number of nitrogens with zero attached hydrogens (tertiary/aromatic N) is 2. The molecule has 4 heteroatoms. The maximum Gasteiger partial charge on any atom is 0.270 e. The van der Waals surface area contributed by atoms with Gasteiger partial charge in [-0.3, -0.25) is 15.1 Å². The number of rotatable bonds is 1. The molecule has 0 saturated heterocycles. The van der Waals surface area contributed by atoms with Crippen LogP contribution >= 0.6 is 0 Å². The third kappa shape index (κ3) is 1.42. The molecular weight excluding hydrogens is 180 g/mol. The van der Waals surface area contributed by atoms with Crippen LogP contribution in [0.1, 0.15) is 5.56 Å². The predicted molar refractivity (Wildman–Crippen MR) is 53.1 cm³/mol. The van der Waals surface area contributed by atoms with E-state index in [1.54, 1.807) is 12.3 Å². The van der Waals surface area contributed by atoms with Crippen LogP contribution < -0.4 is 0 Å². The predicted octanol–water partition coefficient (Wildman–Crippen LogP) is 2.45. The molecule has 2 rings (SSSR count). The van der Waals surface area contributed by atoms with Crippen molar-refractivity contribution in [3.8, 4) is 0 Å². The highest BCUT2D eigenvalue weighted by Crippen LogP contribution is 2.19. The second-order valence-corrected chi connectivity index (χ2v) is 3.15. The summed E-state index contributed by atoms with van der Waals surface area (Å²) >= 11 is 0. The van der Waals surface area contributed by atoms with Gasteiger partial charge in [0.15, 0.2) is 0 Å². The zero-order chi connectivity index (χ0) is 10.1. The lowest BCUT2D eigenvalue weighted by Gasteiger charge is -1.98. The molecule has 0 aliphatic heterocycles. The zero-order valence-electron chi connectivity index (χ0n) is 7.60. The minimum atomic E-state index is -0.401. The number of aryl methyl sites for hydroxylation is 1. The molecule has 0 aliphatic rings. The largest absolute Gasteiger partial charge is 0.270 e. The number of benzene rings is 1. The third-order valence-electron chi connectivity index (χ3n) is 2.01. The van der Waals surface area contributed by atoms with Crippen LogP contribution in [0.2, 0.25) is 0 Å². The van der Waals surface area contributed by atoms with Crippen molar-refractivity contribution in [2.75, 3.05) is 0 Å². The molecule has 1 heterocycles. The summed E-state index contributed by atoms with van der Waals surface area (Å²) in [5.74, 6) is 0. The van der Waals surface area contributed by atoms with Crippen molar-refractivity contribution in [2.45, 2.75) is 6.92 Å². The Balaban J connectivity index is 2.69. The van der Waals surface area contributed by atoms with E-state index in [0.29, 0.717) is 0 Å². The molecule has 0 atom stereocenters. The maximum atomic E-state index is 10.5. The highest BCUT2D eigenvalue weighted by Gasteiger charge is 2.05. The number of hydrogen-bond acceptors (Lipinski definition) is 3. The van der Waals surface area contributed by atoms with E-state index in [1.807, 2.05) is 13.0 Å². The summed E-state index contributed by atoms with van der Waals surface area (Å²) in [7, 11) is 0. The van der Waals surface area contributed by atoms with Crippen molar-refractivity contribution in [2.24, 2.45) is 0 Å². The van der Waals surface area contributed by atoms with Crippen LogP contribution in [0.15, 0.2) is 30.5 Å². The van der Waals surface area contributed by atoms with Crippen LogP contribution in [0.5, 0.6) is 0 Å². The number of fused-ring (bicyclic) bond motifs is 1. The topological polar surface area (TPSA) is 56.0 Å². The number of non-ortho nitro benzene ring substituents is 1. The number of hydrogen-bond donors (Lipinski definition) is 0. The van der Waals surface area contributed by atoms with Crippen molar-refractivity contribution in [1.82, 2.24) is 4.98 Å². The molecular formula is C10H8N2O2. The zero-order valence-corrected chi connectivity index (χ0v) is 7.60. The maximum absolute atomic E-state index is 10.5. The summed E-state index contributed by atoms with van der Waals surface area (Å²) < 4.78 is 0. The van der Waals surface area contributed by atoms with E-state index in [-0.39, 0.29) is 5.69 Å². The molecule has 4 nitrogen and oxygen atoms in total. The van der Waals surface area contributed by atoms with Gasteiger partial charge in [-0.1, -0.05) is 0 Å². The van der Waals surface area contributed by atoms with Gasteiger partial charge < -0.3 is 0 Å². The van der Waals surface area contributed by atoms with Gasteiger partial charge in [0.1, 0.15) is 0 Å². The summed E-state index contributed by atoms with van der Waals surface area (Å²) in [6.45, 7) is 1.91. The Kier molecular flexibility index (Phi) is 1.89. The number of nitro groups is 1. The second kappa shape index (κ2) is 3.06. The van der Waals surface area contributed by atoms with Crippen LogP contribution in [-0.2, 0) is 0 Å². The van der Waals surface area contributed by atoms with Gasteiger partial charge in [-0.2, -0.15) is 0 Å². The Hall–Kier alpha value is -1.97. The van der Waals surface area contributed by atoms with Gasteiger partial charge in [0.2, 0.25) is 0 Å². The smallest absolute Gasteiger partial charge is 0.258 e. The van der Waals surface area contributed by atoms with Gasteiger partial charge in [0.25, 0.3) is 5.69 Å². The first-order chi connectivity index (χ1) is 6.66. The van der Waals surface area contributed by atoms with E-state index in [0.717, 1.165) is 16.5 Å². The highest BCUT2D eigenvalue weighted by atomic mass is 16.6. The molecule has 0 saturated carbocycles. The molecule has 0 amide bonds. The van der Waals surface area contributed by atoms with E-state index in [9.17, 15) is 10.1 Å². The Morgan fingerprint density at radius 1 is 1.36 bits per heavy atom. The molecule has 0 fully saturated rings. The molecule has 14 heavy (non-hydrogen) atoms. The Bertz CT molecular complexity index is 508. The van der Waals surface area contributed by atoms with Crippen molar-refractivity contribution in [3.05, 3.63) is 46.1 Å². The third-order valence-corrected chi connectivity index (χ3v) is 2.01. The van der Waals surface area contributed by atoms with E-state index in [2.05, 4.69) is 4.98 Å². The Labute approximate surface area is 80.4 Å². The lowest BCUT2D eigenvalue weighted by Crippen LogP contribution is -1.88. The first kappa shape index (κ1) is 8.62. The summed E-state index contributed by atoms with van der Waals surface area (Å²) in [6, 6.07) is 6.54. The molecule has 0 spiro atoms. The molecule has 0 N–H and O–H groups in total. The summed E-state index contributed by atoms with van der Waals surface area (Å²) in [5.41, 5.74) is 1.88. The molecule has 0 unspecified atom stereocenters. The molecule has 1 aromatic heterocycles. The molecule has 70 valence electrons. The van der Waals surface area contributed by atoms with Crippen LogP contribution in [0, 0.1) is 17.0 Å². The van der Waals surface area contributed by atoms with Gasteiger partial charge in [-0.25, -0.2) is 0 Å². The normalized spacial score (nSPS) is 10.4. The van der Waals surface area contributed by atoms with Gasteiger partial charge >= 0.3 is 0 Å². The van der Waals surface area contributed by atoms with E-state index in [1.165, 1.54) is 12.1 Å². The van der Waals surface area contributed by atoms with Crippen molar-refractivity contribution >= 4 is 16.6 Å².